The number of halogens is 1. The summed E-state index contributed by atoms with van der Waals surface area (Å²) in [5.74, 6) is 0.0775. The predicted molar refractivity (Wildman–Crippen MR) is 63.2 cm³/mol. The first-order valence-electron chi connectivity index (χ1n) is 5.63. The van der Waals surface area contributed by atoms with Gasteiger partial charge in [-0.05, 0) is 20.4 Å². The summed E-state index contributed by atoms with van der Waals surface area (Å²) in [5, 5.41) is 3.21. The van der Waals surface area contributed by atoms with Crippen LogP contribution in [0.15, 0.2) is 6.33 Å². The number of nitrogens with zero attached hydrogens (tertiary/aromatic N) is 3. The fraction of sp³-hybridized carbons (Fsp3) is 0.636. The minimum absolute atomic E-state index is 0.319. The van der Waals surface area contributed by atoms with Crippen LogP contribution >= 0.6 is 0 Å². The number of hydrogen-bond donors (Lipinski definition) is 1. The van der Waals surface area contributed by atoms with Crippen LogP contribution < -0.4 is 10.2 Å². The molecule has 5 heteroatoms. The van der Waals surface area contributed by atoms with Crippen LogP contribution in [-0.4, -0.2) is 36.1 Å². The van der Waals surface area contributed by atoms with Crippen molar-refractivity contribution >= 4 is 5.82 Å². The van der Waals surface area contributed by atoms with Crippen LogP contribution in [-0.2, 0) is 0 Å². The molecule has 0 spiro atoms. The van der Waals surface area contributed by atoms with E-state index in [4.69, 9.17) is 0 Å². The van der Waals surface area contributed by atoms with E-state index in [2.05, 4.69) is 15.3 Å². The quantitative estimate of drug-likeness (QED) is 0.744. The monoisotopic (exact) mass is 226 g/mol. The van der Waals surface area contributed by atoms with Crippen LogP contribution in [0.4, 0.5) is 10.2 Å². The summed E-state index contributed by atoms with van der Waals surface area (Å²) in [4.78, 5) is 9.73. The molecule has 0 fully saturated rings. The van der Waals surface area contributed by atoms with Gasteiger partial charge >= 0.3 is 0 Å². The summed E-state index contributed by atoms with van der Waals surface area (Å²) in [6, 6.07) is 0. The van der Waals surface area contributed by atoms with Gasteiger partial charge in [-0.3, -0.25) is 0 Å². The molecule has 0 saturated heterocycles. The lowest BCUT2D eigenvalue weighted by molar-refractivity contribution is 0.586. The number of likely N-dealkylation sites (N-methyl/N-ethyl adjacent to an activating group) is 2. The van der Waals surface area contributed by atoms with Gasteiger partial charge in [0.2, 0.25) is 0 Å². The first kappa shape index (κ1) is 12.8. The van der Waals surface area contributed by atoms with Crippen molar-refractivity contribution in [2.45, 2.75) is 20.8 Å². The number of rotatable bonds is 6. The maximum Gasteiger partial charge on any atom is 0.186 e. The maximum absolute atomic E-state index is 13.8. The van der Waals surface area contributed by atoms with Crippen LogP contribution in [0.2, 0.25) is 0 Å². The molecule has 0 atom stereocenters. The Morgan fingerprint density at radius 1 is 1.38 bits per heavy atom. The van der Waals surface area contributed by atoms with Gasteiger partial charge in [0.1, 0.15) is 6.33 Å². The van der Waals surface area contributed by atoms with Crippen molar-refractivity contribution in [3.8, 4) is 0 Å². The largest absolute Gasteiger partial charge is 0.353 e. The van der Waals surface area contributed by atoms with E-state index < -0.39 is 0 Å². The third-order valence-electron chi connectivity index (χ3n) is 2.44. The summed E-state index contributed by atoms with van der Waals surface area (Å²) in [6.07, 6.45) is 1.41. The number of aromatic nitrogens is 2. The van der Waals surface area contributed by atoms with Gasteiger partial charge in [-0.25, -0.2) is 14.4 Å². The van der Waals surface area contributed by atoms with E-state index in [-0.39, 0.29) is 5.82 Å². The predicted octanol–water partition coefficient (Wildman–Crippen LogP) is 1.36. The second-order valence-electron chi connectivity index (χ2n) is 3.53. The van der Waals surface area contributed by atoms with Crippen LogP contribution in [0.3, 0.4) is 0 Å². The van der Waals surface area contributed by atoms with E-state index in [1.165, 1.54) is 6.33 Å². The molecular weight excluding hydrogens is 207 g/mol. The number of aryl methyl sites for hydroxylation is 1. The third-order valence-corrected chi connectivity index (χ3v) is 2.44. The summed E-state index contributed by atoms with van der Waals surface area (Å²) in [7, 11) is 0. The zero-order chi connectivity index (χ0) is 12.0. The molecule has 90 valence electrons. The highest BCUT2D eigenvalue weighted by molar-refractivity contribution is 5.40. The highest BCUT2D eigenvalue weighted by Gasteiger charge is 2.13. The summed E-state index contributed by atoms with van der Waals surface area (Å²) in [6.45, 7) is 8.92. The second-order valence-corrected chi connectivity index (χ2v) is 3.53. The van der Waals surface area contributed by atoms with Gasteiger partial charge in [-0.15, -0.1) is 0 Å². The molecule has 1 aromatic rings. The number of anilines is 1. The van der Waals surface area contributed by atoms with Crippen molar-refractivity contribution in [1.82, 2.24) is 15.3 Å². The molecule has 1 rings (SSSR count). The van der Waals surface area contributed by atoms with Crippen LogP contribution in [0.5, 0.6) is 0 Å². The van der Waals surface area contributed by atoms with Gasteiger partial charge in [-0.1, -0.05) is 6.92 Å². The topological polar surface area (TPSA) is 41.0 Å². The molecular formula is C11H19FN4. The Labute approximate surface area is 95.9 Å². The van der Waals surface area contributed by atoms with E-state index in [0.717, 1.165) is 26.2 Å². The summed E-state index contributed by atoms with van der Waals surface area (Å²) < 4.78 is 13.8. The van der Waals surface area contributed by atoms with E-state index in [1.54, 1.807) is 6.92 Å². The Kier molecular flexibility index (Phi) is 5.11. The number of hydrogen-bond acceptors (Lipinski definition) is 4. The molecule has 1 aromatic heterocycles. The first-order chi connectivity index (χ1) is 7.70. The van der Waals surface area contributed by atoms with Gasteiger partial charge < -0.3 is 10.2 Å². The van der Waals surface area contributed by atoms with Crippen molar-refractivity contribution in [3.05, 3.63) is 17.8 Å². The van der Waals surface area contributed by atoms with Gasteiger partial charge in [0, 0.05) is 19.6 Å². The molecule has 0 aliphatic rings. The fourth-order valence-corrected chi connectivity index (χ4v) is 1.47. The molecule has 0 radical (unpaired) electrons. The fourth-order valence-electron chi connectivity index (χ4n) is 1.47. The molecule has 16 heavy (non-hydrogen) atoms. The Morgan fingerprint density at radius 2 is 2.12 bits per heavy atom. The van der Waals surface area contributed by atoms with Gasteiger partial charge in [0.05, 0.1) is 5.69 Å². The molecule has 1 N–H and O–H groups in total. The first-order valence-corrected chi connectivity index (χ1v) is 5.63. The summed E-state index contributed by atoms with van der Waals surface area (Å²) in [5.41, 5.74) is 0.395. The van der Waals surface area contributed by atoms with Crippen molar-refractivity contribution in [1.29, 1.82) is 0 Å². The van der Waals surface area contributed by atoms with Crippen LogP contribution in [0, 0.1) is 12.7 Å². The van der Waals surface area contributed by atoms with Crippen molar-refractivity contribution in [2.24, 2.45) is 0 Å². The Hall–Kier alpha value is -1.23. The SMILES string of the molecule is CCNCCN(CC)c1ncnc(C)c1F. The van der Waals surface area contributed by atoms with Gasteiger partial charge in [0.15, 0.2) is 11.6 Å². The lowest BCUT2D eigenvalue weighted by Crippen LogP contribution is -2.33. The van der Waals surface area contributed by atoms with Crippen LogP contribution in [0.1, 0.15) is 19.5 Å². The molecule has 4 nitrogen and oxygen atoms in total. The zero-order valence-corrected chi connectivity index (χ0v) is 10.1. The van der Waals surface area contributed by atoms with Gasteiger partial charge in [0.25, 0.3) is 0 Å². The average molecular weight is 226 g/mol. The maximum atomic E-state index is 13.8. The van der Waals surface area contributed by atoms with E-state index in [0.29, 0.717) is 11.5 Å². The van der Waals surface area contributed by atoms with E-state index >= 15 is 0 Å². The molecule has 0 unspecified atom stereocenters. The molecule has 0 amide bonds. The Morgan fingerprint density at radius 3 is 2.75 bits per heavy atom. The molecule has 0 bridgehead atoms. The highest BCUT2D eigenvalue weighted by Crippen LogP contribution is 2.16. The molecule has 1 heterocycles. The number of nitrogens with one attached hydrogen (secondary N) is 1. The molecule has 0 aromatic carbocycles. The molecule has 0 aliphatic heterocycles. The van der Waals surface area contributed by atoms with Crippen molar-refractivity contribution in [3.63, 3.8) is 0 Å². The van der Waals surface area contributed by atoms with Crippen molar-refractivity contribution < 1.29 is 4.39 Å². The minimum Gasteiger partial charge on any atom is -0.353 e. The Balaban J connectivity index is 2.74. The van der Waals surface area contributed by atoms with Crippen LogP contribution in [0.25, 0.3) is 0 Å². The molecule has 0 saturated carbocycles. The average Bonchev–Trinajstić information content (AvgIpc) is 2.29. The lowest BCUT2D eigenvalue weighted by atomic mass is 10.3. The second kappa shape index (κ2) is 6.37. The zero-order valence-electron chi connectivity index (χ0n) is 10.1. The highest BCUT2D eigenvalue weighted by atomic mass is 19.1. The summed E-state index contributed by atoms with van der Waals surface area (Å²) >= 11 is 0. The van der Waals surface area contributed by atoms with Gasteiger partial charge in [-0.2, -0.15) is 0 Å². The minimum atomic E-state index is -0.319. The molecule has 0 aliphatic carbocycles. The Bertz CT molecular complexity index is 330. The van der Waals surface area contributed by atoms with Crippen molar-refractivity contribution in [2.75, 3.05) is 31.1 Å². The smallest absolute Gasteiger partial charge is 0.186 e. The van der Waals surface area contributed by atoms with E-state index in [9.17, 15) is 4.39 Å². The third kappa shape index (κ3) is 3.13. The normalized spacial score (nSPS) is 10.5. The lowest BCUT2D eigenvalue weighted by Gasteiger charge is -2.22. The van der Waals surface area contributed by atoms with E-state index in [1.807, 2.05) is 18.7 Å². The standard InChI is InChI=1S/C11H19FN4/c1-4-13-6-7-16(5-2)11-10(12)9(3)14-8-15-11/h8,13H,4-7H2,1-3H3.